The van der Waals surface area contributed by atoms with Gasteiger partial charge in [0.1, 0.15) is 0 Å². The van der Waals surface area contributed by atoms with E-state index in [-0.39, 0.29) is 5.91 Å². The van der Waals surface area contributed by atoms with Crippen LogP contribution in [0.15, 0.2) is 41.2 Å². The highest BCUT2D eigenvalue weighted by molar-refractivity contribution is 6.01. The van der Waals surface area contributed by atoms with Crippen molar-refractivity contribution in [2.24, 2.45) is 0 Å². The minimum Gasteiger partial charge on any atom is -0.399 e. The van der Waals surface area contributed by atoms with Gasteiger partial charge in [0.25, 0.3) is 5.91 Å². The number of aromatic amines is 1. The summed E-state index contributed by atoms with van der Waals surface area (Å²) in [6.07, 6.45) is 0. The van der Waals surface area contributed by atoms with Gasteiger partial charge < -0.3 is 10.7 Å². The number of hydrogen-bond acceptors (Lipinski definition) is 3. The van der Waals surface area contributed by atoms with Crippen LogP contribution in [-0.4, -0.2) is 15.5 Å². The van der Waals surface area contributed by atoms with Crippen LogP contribution < -0.4 is 11.4 Å². The van der Waals surface area contributed by atoms with Crippen LogP contribution in [0.1, 0.15) is 21.5 Å². The Balaban J connectivity index is 2.19. The summed E-state index contributed by atoms with van der Waals surface area (Å²) in [7, 11) is 0. The Labute approximate surface area is 121 Å². The predicted molar refractivity (Wildman–Crippen MR) is 82.6 cm³/mol. The van der Waals surface area contributed by atoms with Gasteiger partial charge in [-0.1, -0.05) is 6.07 Å². The number of nitrogens with two attached hydrogens (primary N) is 1. The summed E-state index contributed by atoms with van der Waals surface area (Å²) >= 11 is 0. The van der Waals surface area contributed by atoms with Crippen molar-refractivity contribution in [3.63, 3.8) is 0 Å². The Morgan fingerprint density at radius 1 is 1.10 bits per heavy atom. The largest absolute Gasteiger partial charge is 0.399 e. The van der Waals surface area contributed by atoms with Gasteiger partial charge in [-0.15, -0.1) is 0 Å². The summed E-state index contributed by atoms with van der Waals surface area (Å²) in [5.74, 6) is -0.348. The lowest BCUT2D eigenvalue weighted by atomic mass is 10.1. The molecule has 0 spiro atoms. The normalized spacial score (nSPS) is 11.0. The van der Waals surface area contributed by atoms with Crippen LogP contribution in [0.3, 0.4) is 0 Å². The molecule has 3 aromatic rings. The van der Waals surface area contributed by atoms with E-state index in [1.165, 1.54) is 0 Å². The number of benzene rings is 2. The van der Waals surface area contributed by atoms with Crippen LogP contribution in [0.4, 0.5) is 5.69 Å². The average Bonchev–Trinajstić information content (AvgIpc) is 2.76. The molecule has 0 saturated carbocycles. The molecule has 0 aliphatic carbocycles. The fraction of sp³-hybridized carbons (Fsp3) is 0.125. The van der Waals surface area contributed by atoms with Crippen molar-refractivity contribution in [2.45, 2.75) is 13.8 Å². The first-order valence-electron chi connectivity index (χ1n) is 6.59. The molecule has 0 unspecified atom stereocenters. The van der Waals surface area contributed by atoms with Gasteiger partial charge in [0, 0.05) is 11.3 Å². The fourth-order valence-corrected chi connectivity index (χ4v) is 2.33. The number of anilines is 1. The van der Waals surface area contributed by atoms with Crippen molar-refractivity contribution in [1.82, 2.24) is 9.55 Å². The molecule has 0 aliphatic rings. The van der Waals surface area contributed by atoms with Crippen LogP contribution in [0.25, 0.3) is 11.0 Å². The number of aryl methyl sites for hydroxylation is 2. The second-order valence-electron chi connectivity index (χ2n) is 5.15. The second kappa shape index (κ2) is 4.63. The molecule has 106 valence electrons. The fourth-order valence-electron chi connectivity index (χ4n) is 2.33. The molecule has 0 atom stereocenters. The van der Waals surface area contributed by atoms with Gasteiger partial charge in [-0.05, 0) is 55.3 Å². The number of rotatable bonds is 1. The SMILES string of the molecule is Cc1ccc(C(=O)n2c(=O)[nH]c3cc(N)ccc32)cc1C. The average molecular weight is 281 g/mol. The lowest BCUT2D eigenvalue weighted by molar-refractivity contribution is 0.0961. The van der Waals surface area contributed by atoms with Crippen molar-refractivity contribution in [1.29, 1.82) is 0 Å². The van der Waals surface area contributed by atoms with E-state index in [0.29, 0.717) is 22.3 Å². The molecule has 5 heteroatoms. The van der Waals surface area contributed by atoms with Crippen LogP contribution in [-0.2, 0) is 0 Å². The zero-order valence-electron chi connectivity index (χ0n) is 11.8. The van der Waals surface area contributed by atoms with Crippen LogP contribution in [0.2, 0.25) is 0 Å². The number of fused-ring (bicyclic) bond motifs is 1. The minimum atomic E-state index is -0.459. The Hall–Kier alpha value is -2.82. The summed E-state index contributed by atoms with van der Waals surface area (Å²) < 4.78 is 1.14. The molecule has 0 aliphatic heterocycles. The van der Waals surface area contributed by atoms with E-state index in [9.17, 15) is 9.59 Å². The van der Waals surface area contributed by atoms with Crippen molar-refractivity contribution in [3.8, 4) is 0 Å². The Bertz CT molecular complexity index is 919. The van der Waals surface area contributed by atoms with Gasteiger partial charge in [-0.25, -0.2) is 9.36 Å². The first-order chi connectivity index (χ1) is 9.97. The summed E-state index contributed by atoms with van der Waals surface area (Å²) in [4.78, 5) is 27.3. The highest BCUT2D eigenvalue weighted by Gasteiger charge is 2.16. The van der Waals surface area contributed by atoms with E-state index in [1.54, 1.807) is 30.3 Å². The van der Waals surface area contributed by atoms with E-state index in [0.717, 1.165) is 15.7 Å². The lowest BCUT2D eigenvalue weighted by Crippen LogP contribution is -2.24. The van der Waals surface area contributed by atoms with Crippen LogP contribution >= 0.6 is 0 Å². The maximum Gasteiger partial charge on any atom is 0.333 e. The molecule has 2 aromatic carbocycles. The maximum absolute atomic E-state index is 12.6. The van der Waals surface area contributed by atoms with E-state index in [1.807, 2.05) is 19.9 Å². The molecule has 21 heavy (non-hydrogen) atoms. The first kappa shape index (κ1) is 13.2. The molecular weight excluding hydrogens is 266 g/mol. The highest BCUT2D eigenvalue weighted by Crippen LogP contribution is 2.16. The van der Waals surface area contributed by atoms with Crippen molar-refractivity contribution >= 4 is 22.6 Å². The van der Waals surface area contributed by atoms with Crippen LogP contribution in [0, 0.1) is 13.8 Å². The molecule has 0 bridgehead atoms. The summed E-state index contributed by atoms with van der Waals surface area (Å²) in [6.45, 7) is 3.91. The highest BCUT2D eigenvalue weighted by atomic mass is 16.2. The zero-order chi connectivity index (χ0) is 15.1. The van der Waals surface area contributed by atoms with Gasteiger partial charge in [0.2, 0.25) is 0 Å². The third-order valence-corrected chi connectivity index (χ3v) is 3.66. The lowest BCUT2D eigenvalue weighted by Gasteiger charge is -2.05. The smallest absolute Gasteiger partial charge is 0.333 e. The maximum atomic E-state index is 12.6. The Morgan fingerprint density at radius 3 is 2.57 bits per heavy atom. The van der Waals surface area contributed by atoms with E-state index in [4.69, 9.17) is 5.73 Å². The zero-order valence-corrected chi connectivity index (χ0v) is 11.8. The molecule has 0 fully saturated rings. The Morgan fingerprint density at radius 2 is 1.86 bits per heavy atom. The molecule has 3 N–H and O–H groups in total. The third-order valence-electron chi connectivity index (χ3n) is 3.66. The topological polar surface area (TPSA) is 80.9 Å². The number of hydrogen-bond donors (Lipinski definition) is 2. The summed E-state index contributed by atoms with van der Waals surface area (Å²) in [6, 6.07) is 10.4. The van der Waals surface area contributed by atoms with E-state index in [2.05, 4.69) is 4.98 Å². The molecule has 1 aromatic heterocycles. The van der Waals surface area contributed by atoms with Gasteiger partial charge in [-0.3, -0.25) is 4.79 Å². The molecule has 3 rings (SSSR count). The number of carbonyl (C=O) groups is 1. The number of nitrogens with one attached hydrogen (secondary N) is 1. The number of aromatic nitrogens is 2. The van der Waals surface area contributed by atoms with Crippen molar-refractivity contribution in [2.75, 3.05) is 5.73 Å². The van der Waals surface area contributed by atoms with Crippen molar-refractivity contribution < 1.29 is 4.79 Å². The molecule has 1 heterocycles. The quantitative estimate of drug-likeness (QED) is 0.671. The summed E-state index contributed by atoms with van der Waals surface area (Å²) in [5.41, 5.74) is 9.44. The van der Waals surface area contributed by atoms with Gasteiger partial charge >= 0.3 is 5.69 Å². The molecule has 0 radical (unpaired) electrons. The van der Waals surface area contributed by atoms with E-state index < -0.39 is 5.69 Å². The first-order valence-corrected chi connectivity index (χ1v) is 6.59. The van der Waals surface area contributed by atoms with Crippen LogP contribution in [0.5, 0.6) is 0 Å². The minimum absolute atomic E-state index is 0.348. The number of imidazole rings is 1. The number of nitrogens with zero attached hydrogens (tertiary/aromatic N) is 1. The van der Waals surface area contributed by atoms with E-state index >= 15 is 0 Å². The predicted octanol–water partition coefficient (Wildman–Crippen LogP) is 2.22. The van der Waals surface area contributed by atoms with Gasteiger partial charge in [-0.2, -0.15) is 0 Å². The Kier molecular flexibility index (Phi) is 2.90. The molecule has 5 nitrogen and oxygen atoms in total. The number of nitrogen functional groups attached to an aromatic ring is 1. The molecule has 0 amide bonds. The van der Waals surface area contributed by atoms with Gasteiger partial charge in [0.15, 0.2) is 0 Å². The summed E-state index contributed by atoms with van der Waals surface area (Å²) in [5, 5.41) is 0. The molecular formula is C16H15N3O2. The monoisotopic (exact) mass is 281 g/mol. The standard InChI is InChI=1S/C16H15N3O2/c1-9-3-4-11(7-10(9)2)15(20)19-14-6-5-12(17)8-13(14)18-16(19)21/h3-8H,17H2,1-2H3,(H,18,21). The number of H-pyrrole nitrogens is 1. The van der Waals surface area contributed by atoms with Gasteiger partial charge in [0.05, 0.1) is 11.0 Å². The second-order valence-corrected chi connectivity index (χ2v) is 5.15. The van der Waals surface area contributed by atoms with Crippen molar-refractivity contribution in [3.05, 3.63) is 63.6 Å². The third kappa shape index (κ3) is 2.12. The number of carbonyl (C=O) groups excluding carboxylic acids is 1. The molecule has 0 saturated heterocycles.